The number of hydrogen-bond donors (Lipinski definition) is 2. The highest BCUT2D eigenvalue weighted by molar-refractivity contribution is 5.74. The topological polar surface area (TPSA) is 59.6 Å². The smallest absolute Gasteiger partial charge is 0.315 e. The van der Waals surface area contributed by atoms with Crippen LogP contribution in [0.2, 0.25) is 0 Å². The van der Waals surface area contributed by atoms with Crippen LogP contribution in [0.1, 0.15) is 30.5 Å². The van der Waals surface area contributed by atoms with E-state index in [1.54, 1.807) is 14.2 Å². The van der Waals surface area contributed by atoms with Gasteiger partial charge in [0.25, 0.3) is 0 Å². The molecule has 0 radical (unpaired) electrons. The lowest BCUT2D eigenvalue weighted by molar-refractivity contribution is 0.238. The standard InChI is InChI=1S/C21H28N2O3/c1-15-6-9-17(10-7-15)21(2,3)14-23-20(24)22-13-16-8-11-18(25-4)19(12-16)26-5/h6-12H,13-14H2,1-5H3,(H2,22,23,24). The van der Waals surface area contributed by atoms with Crippen molar-refractivity contribution in [2.24, 2.45) is 0 Å². The van der Waals surface area contributed by atoms with Gasteiger partial charge in [0, 0.05) is 18.5 Å². The van der Waals surface area contributed by atoms with Crippen molar-refractivity contribution in [3.05, 3.63) is 59.2 Å². The molecule has 2 amide bonds. The molecule has 0 saturated heterocycles. The van der Waals surface area contributed by atoms with Crippen LogP contribution in [0.5, 0.6) is 11.5 Å². The molecule has 0 spiro atoms. The summed E-state index contributed by atoms with van der Waals surface area (Å²) in [5, 5.41) is 5.83. The summed E-state index contributed by atoms with van der Waals surface area (Å²) in [6, 6.07) is 13.8. The van der Waals surface area contributed by atoms with Crippen molar-refractivity contribution in [2.45, 2.75) is 32.7 Å². The summed E-state index contributed by atoms with van der Waals surface area (Å²) in [5.41, 5.74) is 3.22. The number of hydrogen-bond acceptors (Lipinski definition) is 3. The number of ether oxygens (including phenoxy) is 2. The molecule has 0 bridgehead atoms. The van der Waals surface area contributed by atoms with Crippen LogP contribution in [0.4, 0.5) is 4.79 Å². The Bertz CT molecular complexity index is 739. The first kappa shape index (κ1) is 19.6. The van der Waals surface area contributed by atoms with Crippen LogP contribution in [0.3, 0.4) is 0 Å². The first-order valence-electron chi connectivity index (χ1n) is 8.65. The number of carbonyl (C=O) groups is 1. The molecule has 0 saturated carbocycles. The molecule has 0 aliphatic rings. The largest absolute Gasteiger partial charge is 0.493 e. The second-order valence-electron chi connectivity index (χ2n) is 6.98. The van der Waals surface area contributed by atoms with Crippen LogP contribution in [0.25, 0.3) is 0 Å². The van der Waals surface area contributed by atoms with E-state index in [9.17, 15) is 4.79 Å². The monoisotopic (exact) mass is 356 g/mol. The molecule has 0 atom stereocenters. The number of carbonyl (C=O) groups excluding carboxylic acids is 1. The maximum absolute atomic E-state index is 12.1. The van der Waals surface area contributed by atoms with Crippen LogP contribution in [-0.4, -0.2) is 26.8 Å². The molecule has 2 aromatic rings. The average Bonchev–Trinajstić information content (AvgIpc) is 2.64. The fourth-order valence-electron chi connectivity index (χ4n) is 2.64. The van der Waals surface area contributed by atoms with Gasteiger partial charge in [0.15, 0.2) is 11.5 Å². The van der Waals surface area contributed by atoms with E-state index in [2.05, 4.69) is 55.7 Å². The quantitative estimate of drug-likeness (QED) is 0.793. The second-order valence-corrected chi connectivity index (χ2v) is 6.98. The molecule has 5 nitrogen and oxygen atoms in total. The molecule has 0 aliphatic heterocycles. The number of aryl methyl sites for hydroxylation is 1. The van der Waals surface area contributed by atoms with Crippen molar-refractivity contribution in [2.75, 3.05) is 20.8 Å². The van der Waals surface area contributed by atoms with Gasteiger partial charge in [-0.25, -0.2) is 4.79 Å². The summed E-state index contributed by atoms with van der Waals surface area (Å²) >= 11 is 0. The highest BCUT2D eigenvalue weighted by atomic mass is 16.5. The van der Waals surface area contributed by atoms with Crippen molar-refractivity contribution >= 4 is 6.03 Å². The number of urea groups is 1. The fraction of sp³-hybridized carbons (Fsp3) is 0.381. The summed E-state index contributed by atoms with van der Waals surface area (Å²) in [7, 11) is 3.19. The van der Waals surface area contributed by atoms with Crippen LogP contribution in [0.15, 0.2) is 42.5 Å². The zero-order valence-corrected chi connectivity index (χ0v) is 16.2. The van der Waals surface area contributed by atoms with E-state index in [4.69, 9.17) is 9.47 Å². The third-order valence-corrected chi connectivity index (χ3v) is 4.42. The van der Waals surface area contributed by atoms with Gasteiger partial charge in [-0.1, -0.05) is 49.7 Å². The Morgan fingerprint density at radius 1 is 0.962 bits per heavy atom. The number of nitrogens with one attached hydrogen (secondary N) is 2. The maximum atomic E-state index is 12.1. The van der Waals surface area contributed by atoms with Gasteiger partial charge in [-0.3, -0.25) is 0 Å². The molecular formula is C21H28N2O3. The van der Waals surface area contributed by atoms with E-state index >= 15 is 0 Å². The summed E-state index contributed by atoms with van der Waals surface area (Å²) in [5.74, 6) is 1.31. The fourth-order valence-corrected chi connectivity index (χ4v) is 2.64. The Labute approximate surface area is 155 Å². The molecule has 5 heteroatoms. The predicted octanol–water partition coefficient (Wildman–Crippen LogP) is 3.79. The zero-order chi connectivity index (χ0) is 19.2. The molecule has 26 heavy (non-hydrogen) atoms. The highest BCUT2D eigenvalue weighted by Crippen LogP contribution is 2.27. The first-order valence-corrected chi connectivity index (χ1v) is 8.65. The van der Waals surface area contributed by atoms with Crippen LogP contribution < -0.4 is 20.1 Å². The Kier molecular flexibility index (Phi) is 6.50. The summed E-state index contributed by atoms with van der Waals surface area (Å²) in [6.45, 7) is 7.26. The van der Waals surface area contributed by atoms with E-state index < -0.39 is 0 Å². The Hall–Kier alpha value is -2.69. The molecule has 2 aromatic carbocycles. The molecule has 0 fully saturated rings. The van der Waals surface area contributed by atoms with Gasteiger partial charge >= 0.3 is 6.03 Å². The number of methoxy groups -OCH3 is 2. The second kappa shape index (κ2) is 8.61. The van der Waals surface area contributed by atoms with Crippen molar-refractivity contribution < 1.29 is 14.3 Å². The Balaban J connectivity index is 1.88. The summed E-state index contributed by atoms with van der Waals surface area (Å²) in [6.07, 6.45) is 0. The van der Waals surface area contributed by atoms with Crippen LogP contribution in [0, 0.1) is 6.92 Å². The van der Waals surface area contributed by atoms with Crippen molar-refractivity contribution in [3.63, 3.8) is 0 Å². The van der Waals surface area contributed by atoms with Gasteiger partial charge < -0.3 is 20.1 Å². The minimum Gasteiger partial charge on any atom is -0.493 e. The van der Waals surface area contributed by atoms with Gasteiger partial charge in [-0.05, 0) is 30.2 Å². The predicted molar refractivity (Wildman–Crippen MR) is 104 cm³/mol. The van der Waals surface area contributed by atoms with E-state index in [-0.39, 0.29) is 11.4 Å². The summed E-state index contributed by atoms with van der Waals surface area (Å²) in [4.78, 5) is 12.1. The third-order valence-electron chi connectivity index (χ3n) is 4.42. The molecule has 0 unspecified atom stereocenters. The van der Waals surface area contributed by atoms with E-state index in [1.807, 2.05) is 18.2 Å². The van der Waals surface area contributed by atoms with Gasteiger partial charge in [0.05, 0.1) is 14.2 Å². The third kappa shape index (κ3) is 5.15. The lowest BCUT2D eigenvalue weighted by Crippen LogP contribution is -2.42. The molecule has 0 heterocycles. The molecule has 2 rings (SSSR count). The molecule has 0 aliphatic carbocycles. The molecule has 0 aromatic heterocycles. The van der Waals surface area contributed by atoms with E-state index in [1.165, 1.54) is 11.1 Å². The lowest BCUT2D eigenvalue weighted by Gasteiger charge is -2.26. The maximum Gasteiger partial charge on any atom is 0.315 e. The minimum atomic E-state index is -0.194. The highest BCUT2D eigenvalue weighted by Gasteiger charge is 2.21. The minimum absolute atomic E-state index is 0.144. The molecule has 140 valence electrons. The molecular weight excluding hydrogens is 328 g/mol. The van der Waals surface area contributed by atoms with Gasteiger partial charge in [0.2, 0.25) is 0 Å². The van der Waals surface area contributed by atoms with E-state index in [0.717, 1.165) is 5.56 Å². The Morgan fingerprint density at radius 2 is 1.62 bits per heavy atom. The first-order chi connectivity index (χ1) is 12.4. The SMILES string of the molecule is COc1ccc(CNC(=O)NCC(C)(C)c2ccc(C)cc2)cc1OC. The van der Waals surface area contributed by atoms with Crippen molar-refractivity contribution in [1.29, 1.82) is 0 Å². The van der Waals surface area contributed by atoms with Crippen molar-refractivity contribution in [3.8, 4) is 11.5 Å². The zero-order valence-electron chi connectivity index (χ0n) is 16.2. The summed E-state index contributed by atoms with van der Waals surface area (Å²) < 4.78 is 10.5. The normalized spacial score (nSPS) is 11.0. The van der Waals surface area contributed by atoms with Crippen LogP contribution >= 0.6 is 0 Å². The van der Waals surface area contributed by atoms with Gasteiger partial charge in [0.1, 0.15) is 0 Å². The van der Waals surface area contributed by atoms with Gasteiger partial charge in [-0.2, -0.15) is 0 Å². The van der Waals surface area contributed by atoms with Crippen LogP contribution in [-0.2, 0) is 12.0 Å². The number of amides is 2. The van der Waals surface area contributed by atoms with Gasteiger partial charge in [-0.15, -0.1) is 0 Å². The number of benzene rings is 2. The van der Waals surface area contributed by atoms with E-state index in [0.29, 0.717) is 24.6 Å². The lowest BCUT2D eigenvalue weighted by atomic mass is 9.84. The number of rotatable bonds is 7. The Morgan fingerprint density at radius 3 is 2.23 bits per heavy atom. The average molecular weight is 356 g/mol. The van der Waals surface area contributed by atoms with Crippen molar-refractivity contribution in [1.82, 2.24) is 10.6 Å². The molecule has 2 N–H and O–H groups in total.